The van der Waals surface area contributed by atoms with Gasteiger partial charge in [0.25, 0.3) is 0 Å². The Balaban J connectivity index is 2.26. The van der Waals surface area contributed by atoms with Crippen LogP contribution in [0.15, 0.2) is 0 Å². The summed E-state index contributed by atoms with van der Waals surface area (Å²) >= 11 is 5.21. The molecule has 1 saturated carbocycles. The van der Waals surface area contributed by atoms with Gasteiger partial charge in [-0.05, 0) is 25.1 Å². The minimum Gasteiger partial charge on any atom is -0.359 e. The van der Waals surface area contributed by atoms with Gasteiger partial charge in [0.1, 0.15) is 0 Å². The second-order valence-corrected chi connectivity index (χ2v) is 3.95. The van der Waals surface area contributed by atoms with Crippen molar-refractivity contribution in [2.75, 3.05) is 14.1 Å². The van der Waals surface area contributed by atoms with Crippen LogP contribution < -0.4 is 10.7 Å². The second-order valence-electron chi connectivity index (χ2n) is 3.57. The molecule has 0 bridgehead atoms. The van der Waals surface area contributed by atoms with E-state index in [0.29, 0.717) is 6.04 Å². The summed E-state index contributed by atoms with van der Waals surface area (Å²) in [5, 5.41) is 6.00. The average Bonchev–Trinajstić information content (AvgIpc) is 2.18. The molecule has 2 N–H and O–H groups in total. The number of hydrazine groups is 1. The molecule has 13 heavy (non-hydrogen) atoms. The Labute approximate surface area is 85.8 Å². The molecule has 1 aliphatic rings. The minimum absolute atomic E-state index is 0.594. The molecule has 0 aromatic heterocycles. The van der Waals surface area contributed by atoms with Crippen LogP contribution in [0.25, 0.3) is 0 Å². The van der Waals surface area contributed by atoms with Gasteiger partial charge in [0, 0.05) is 20.1 Å². The molecular weight excluding hydrogens is 182 g/mol. The summed E-state index contributed by atoms with van der Waals surface area (Å²) in [7, 11) is 3.80. The van der Waals surface area contributed by atoms with Crippen LogP contribution in [-0.2, 0) is 0 Å². The first kappa shape index (κ1) is 10.7. The molecule has 0 aliphatic heterocycles. The van der Waals surface area contributed by atoms with E-state index in [-0.39, 0.29) is 0 Å². The van der Waals surface area contributed by atoms with Gasteiger partial charge in [0.15, 0.2) is 5.11 Å². The smallest absolute Gasteiger partial charge is 0.183 e. The van der Waals surface area contributed by atoms with Gasteiger partial charge in [-0.2, -0.15) is 0 Å². The van der Waals surface area contributed by atoms with Gasteiger partial charge in [-0.15, -0.1) is 0 Å². The lowest BCUT2D eigenvalue weighted by atomic mass is 9.96. The van der Waals surface area contributed by atoms with E-state index in [1.165, 1.54) is 32.1 Å². The molecule has 0 atom stereocenters. The first-order valence-electron chi connectivity index (χ1n) is 4.95. The van der Waals surface area contributed by atoms with Crippen LogP contribution in [-0.4, -0.2) is 30.3 Å². The Morgan fingerprint density at radius 2 is 1.92 bits per heavy atom. The SMILES string of the molecule is CNN(C)C(=S)NC1CCCCC1. The first-order valence-corrected chi connectivity index (χ1v) is 5.36. The molecule has 0 spiro atoms. The summed E-state index contributed by atoms with van der Waals surface area (Å²) in [6.07, 6.45) is 6.58. The van der Waals surface area contributed by atoms with E-state index in [9.17, 15) is 0 Å². The standard InChI is InChI=1S/C9H19N3S/c1-10-12(2)9(13)11-8-6-4-3-5-7-8/h8,10H,3-7H2,1-2H3,(H,11,13). The van der Waals surface area contributed by atoms with Gasteiger partial charge in [0.05, 0.1) is 0 Å². The van der Waals surface area contributed by atoms with Gasteiger partial charge < -0.3 is 5.32 Å². The fourth-order valence-corrected chi connectivity index (χ4v) is 1.88. The third-order valence-corrected chi connectivity index (χ3v) is 2.96. The van der Waals surface area contributed by atoms with Crippen LogP contribution in [0.5, 0.6) is 0 Å². The highest BCUT2D eigenvalue weighted by atomic mass is 32.1. The zero-order chi connectivity index (χ0) is 9.68. The number of hydrogen-bond acceptors (Lipinski definition) is 2. The maximum absolute atomic E-state index is 5.21. The Bertz CT molecular complexity index is 166. The number of rotatable bonds is 2. The molecule has 1 fully saturated rings. The quantitative estimate of drug-likeness (QED) is 0.519. The molecule has 0 amide bonds. The van der Waals surface area contributed by atoms with Crippen molar-refractivity contribution in [1.29, 1.82) is 0 Å². The fourth-order valence-electron chi connectivity index (χ4n) is 1.62. The summed E-state index contributed by atoms with van der Waals surface area (Å²) in [6, 6.07) is 0.594. The van der Waals surface area contributed by atoms with Crippen LogP contribution in [0, 0.1) is 0 Å². The van der Waals surface area contributed by atoms with Crippen molar-refractivity contribution in [2.45, 2.75) is 38.1 Å². The molecule has 0 heterocycles. The molecule has 1 rings (SSSR count). The van der Waals surface area contributed by atoms with E-state index in [1.807, 2.05) is 19.1 Å². The maximum Gasteiger partial charge on any atom is 0.183 e. The Hall–Kier alpha value is -0.350. The van der Waals surface area contributed by atoms with Crippen molar-refractivity contribution < 1.29 is 0 Å². The molecule has 3 nitrogen and oxygen atoms in total. The van der Waals surface area contributed by atoms with Gasteiger partial charge in [-0.1, -0.05) is 19.3 Å². The maximum atomic E-state index is 5.21. The normalized spacial score (nSPS) is 18.3. The molecule has 1 aliphatic carbocycles. The molecule has 76 valence electrons. The Kier molecular flexibility index (Phi) is 4.45. The lowest BCUT2D eigenvalue weighted by Gasteiger charge is -2.27. The third kappa shape index (κ3) is 3.48. The predicted molar refractivity (Wildman–Crippen MR) is 59.4 cm³/mol. The van der Waals surface area contributed by atoms with E-state index in [1.54, 1.807) is 0 Å². The summed E-state index contributed by atoms with van der Waals surface area (Å²) in [5.74, 6) is 0. The first-order chi connectivity index (χ1) is 6.24. The number of nitrogens with one attached hydrogen (secondary N) is 2. The molecule has 4 heteroatoms. The lowest BCUT2D eigenvalue weighted by Crippen LogP contribution is -2.47. The van der Waals surface area contributed by atoms with E-state index in [2.05, 4.69) is 10.7 Å². The second kappa shape index (κ2) is 5.40. The van der Waals surface area contributed by atoms with Crippen molar-refractivity contribution >= 4 is 17.3 Å². The van der Waals surface area contributed by atoms with Crippen molar-refractivity contribution in [3.05, 3.63) is 0 Å². The number of nitrogens with zero attached hydrogens (tertiary/aromatic N) is 1. The van der Waals surface area contributed by atoms with Crippen LogP contribution >= 0.6 is 12.2 Å². The summed E-state index contributed by atoms with van der Waals surface area (Å²) < 4.78 is 0. The van der Waals surface area contributed by atoms with Gasteiger partial charge in [0.2, 0.25) is 0 Å². The third-order valence-electron chi connectivity index (χ3n) is 2.57. The molecular formula is C9H19N3S. The molecule has 0 aromatic rings. The van der Waals surface area contributed by atoms with Crippen LogP contribution in [0.4, 0.5) is 0 Å². The Morgan fingerprint density at radius 1 is 1.31 bits per heavy atom. The average molecular weight is 201 g/mol. The molecule has 0 unspecified atom stereocenters. The van der Waals surface area contributed by atoms with Crippen molar-refractivity contribution in [1.82, 2.24) is 15.8 Å². The van der Waals surface area contributed by atoms with E-state index >= 15 is 0 Å². The van der Waals surface area contributed by atoms with Crippen molar-refractivity contribution in [3.63, 3.8) is 0 Å². The summed E-state index contributed by atoms with van der Waals surface area (Å²) in [4.78, 5) is 0. The van der Waals surface area contributed by atoms with Crippen molar-refractivity contribution in [2.24, 2.45) is 0 Å². The molecule has 0 radical (unpaired) electrons. The lowest BCUT2D eigenvalue weighted by molar-refractivity contribution is 0.365. The topological polar surface area (TPSA) is 27.3 Å². The number of thiocarbonyl (C=S) groups is 1. The predicted octanol–water partition coefficient (Wildman–Crippen LogP) is 1.26. The van der Waals surface area contributed by atoms with E-state index in [0.717, 1.165) is 5.11 Å². The zero-order valence-corrected chi connectivity index (χ0v) is 9.28. The molecule has 0 saturated heterocycles. The van der Waals surface area contributed by atoms with Crippen LogP contribution in [0.1, 0.15) is 32.1 Å². The largest absolute Gasteiger partial charge is 0.359 e. The van der Waals surface area contributed by atoms with E-state index in [4.69, 9.17) is 12.2 Å². The van der Waals surface area contributed by atoms with Gasteiger partial charge in [-0.3, -0.25) is 5.01 Å². The summed E-state index contributed by atoms with van der Waals surface area (Å²) in [6.45, 7) is 0. The molecule has 0 aromatic carbocycles. The Morgan fingerprint density at radius 3 is 2.46 bits per heavy atom. The fraction of sp³-hybridized carbons (Fsp3) is 0.889. The highest BCUT2D eigenvalue weighted by molar-refractivity contribution is 7.80. The zero-order valence-electron chi connectivity index (χ0n) is 8.47. The number of hydrogen-bond donors (Lipinski definition) is 2. The van der Waals surface area contributed by atoms with Crippen LogP contribution in [0.2, 0.25) is 0 Å². The van der Waals surface area contributed by atoms with Gasteiger partial charge >= 0.3 is 0 Å². The monoisotopic (exact) mass is 201 g/mol. The minimum atomic E-state index is 0.594. The van der Waals surface area contributed by atoms with Crippen LogP contribution in [0.3, 0.4) is 0 Å². The van der Waals surface area contributed by atoms with E-state index < -0.39 is 0 Å². The highest BCUT2D eigenvalue weighted by Gasteiger charge is 2.14. The highest BCUT2D eigenvalue weighted by Crippen LogP contribution is 2.17. The van der Waals surface area contributed by atoms with Gasteiger partial charge in [-0.25, -0.2) is 5.43 Å². The summed E-state index contributed by atoms with van der Waals surface area (Å²) in [5.41, 5.74) is 2.98. The van der Waals surface area contributed by atoms with Crippen molar-refractivity contribution in [3.8, 4) is 0 Å².